The first kappa shape index (κ1) is 16.5. The molecular weight excluding hydrogens is 260 g/mol. The number of nitrogens with zero attached hydrogens (tertiary/aromatic N) is 1. The predicted octanol–water partition coefficient (Wildman–Crippen LogP) is 0.718. The van der Waals surface area contributed by atoms with Gasteiger partial charge in [-0.1, -0.05) is 27.7 Å². The van der Waals surface area contributed by atoms with Gasteiger partial charge in [0.2, 0.25) is 11.8 Å². The zero-order valence-corrected chi connectivity index (χ0v) is 12.6. The van der Waals surface area contributed by atoms with Gasteiger partial charge in [-0.15, -0.1) is 0 Å². The molecule has 0 spiro atoms. The first-order valence-corrected chi connectivity index (χ1v) is 6.92. The summed E-state index contributed by atoms with van der Waals surface area (Å²) in [7, 11) is 0. The van der Waals surface area contributed by atoms with Gasteiger partial charge in [-0.3, -0.25) is 14.4 Å². The predicted molar refractivity (Wildman–Crippen MR) is 74.0 cm³/mol. The average Bonchev–Trinajstić information content (AvgIpc) is 2.33. The van der Waals surface area contributed by atoms with Crippen molar-refractivity contribution in [2.24, 2.45) is 17.3 Å². The van der Waals surface area contributed by atoms with Gasteiger partial charge < -0.3 is 15.3 Å². The van der Waals surface area contributed by atoms with Crippen molar-refractivity contribution in [2.45, 2.75) is 34.1 Å². The molecule has 1 aliphatic heterocycles. The molecule has 2 atom stereocenters. The van der Waals surface area contributed by atoms with Crippen LogP contribution >= 0.6 is 0 Å². The maximum atomic E-state index is 12.0. The Hall–Kier alpha value is -1.59. The largest absolute Gasteiger partial charge is 0.481 e. The molecule has 0 aromatic heterocycles. The third-order valence-corrected chi connectivity index (χ3v) is 3.66. The zero-order chi connectivity index (χ0) is 15.5. The van der Waals surface area contributed by atoms with Crippen LogP contribution in [0.1, 0.15) is 34.1 Å². The molecule has 0 aromatic carbocycles. The first-order chi connectivity index (χ1) is 9.12. The minimum absolute atomic E-state index is 0.0272. The highest BCUT2D eigenvalue weighted by Gasteiger charge is 2.33. The molecule has 20 heavy (non-hydrogen) atoms. The Kier molecular flexibility index (Phi) is 5.14. The van der Waals surface area contributed by atoms with Gasteiger partial charge in [-0.05, 0) is 12.3 Å². The van der Waals surface area contributed by atoms with Crippen molar-refractivity contribution in [2.75, 3.05) is 19.6 Å². The van der Waals surface area contributed by atoms with Crippen LogP contribution in [0.3, 0.4) is 0 Å². The Labute approximate surface area is 119 Å². The lowest BCUT2D eigenvalue weighted by Crippen LogP contribution is -2.49. The van der Waals surface area contributed by atoms with Crippen LogP contribution in [-0.4, -0.2) is 47.4 Å². The maximum Gasteiger partial charge on any atom is 0.306 e. The fourth-order valence-electron chi connectivity index (χ4n) is 2.27. The molecule has 1 heterocycles. The molecule has 1 rings (SSSR count). The second-order valence-corrected chi connectivity index (χ2v) is 6.48. The van der Waals surface area contributed by atoms with Gasteiger partial charge in [-0.25, -0.2) is 0 Å². The molecule has 114 valence electrons. The van der Waals surface area contributed by atoms with Crippen LogP contribution in [0.4, 0.5) is 0 Å². The molecular formula is C14H24N2O4. The second-order valence-electron chi connectivity index (χ2n) is 6.48. The number of carboxylic acid groups (broad SMARTS) is 1. The van der Waals surface area contributed by atoms with E-state index in [1.165, 1.54) is 0 Å². The van der Waals surface area contributed by atoms with Crippen LogP contribution in [0.15, 0.2) is 0 Å². The van der Waals surface area contributed by atoms with Crippen LogP contribution < -0.4 is 5.32 Å². The highest BCUT2D eigenvalue weighted by Crippen LogP contribution is 2.23. The molecule has 0 bridgehead atoms. The number of piperidine rings is 1. The van der Waals surface area contributed by atoms with E-state index >= 15 is 0 Å². The van der Waals surface area contributed by atoms with Crippen molar-refractivity contribution < 1.29 is 19.5 Å². The fraction of sp³-hybridized carbons (Fsp3) is 0.786. The molecule has 0 saturated carbocycles. The molecule has 1 aliphatic rings. The van der Waals surface area contributed by atoms with Crippen LogP contribution in [0.2, 0.25) is 0 Å². The van der Waals surface area contributed by atoms with Gasteiger partial charge in [0.15, 0.2) is 0 Å². The van der Waals surface area contributed by atoms with Crippen LogP contribution in [0.5, 0.6) is 0 Å². The molecule has 0 radical (unpaired) electrons. The number of rotatable bonds is 3. The van der Waals surface area contributed by atoms with Crippen LogP contribution in [0.25, 0.3) is 0 Å². The van der Waals surface area contributed by atoms with Gasteiger partial charge in [-0.2, -0.15) is 0 Å². The van der Waals surface area contributed by atoms with Crippen molar-refractivity contribution in [3.8, 4) is 0 Å². The highest BCUT2D eigenvalue weighted by molar-refractivity contribution is 5.87. The summed E-state index contributed by atoms with van der Waals surface area (Å²) in [6, 6.07) is 0. The third kappa shape index (κ3) is 4.21. The number of carboxylic acids is 1. The zero-order valence-electron chi connectivity index (χ0n) is 12.6. The van der Waals surface area contributed by atoms with E-state index in [1.807, 2.05) is 6.92 Å². The molecule has 6 heteroatoms. The lowest BCUT2D eigenvalue weighted by molar-refractivity contribution is -0.148. The van der Waals surface area contributed by atoms with E-state index in [2.05, 4.69) is 5.32 Å². The number of likely N-dealkylation sites (tertiary alicyclic amines) is 1. The summed E-state index contributed by atoms with van der Waals surface area (Å²) in [5.41, 5.74) is -0.524. The second kappa shape index (κ2) is 6.24. The van der Waals surface area contributed by atoms with E-state index in [9.17, 15) is 14.4 Å². The van der Waals surface area contributed by atoms with E-state index in [0.717, 1.165) is 0 Å². The minimum Gasteiger partial charge on any atom is -0.481 e. The summed E-state index contributed by atoms with van der Waals surface area (Å²) < 4.78 is 0. The normalized spacial score (nSPS) is 23.3. The van der Waals surface area contributed by atoms with Crippen LogP contribution in [0, 0.1) is 17.3 Å². The highest BCUT2D eigenvalue weighted by atomic mass is 16.4. The molecule has 0 aliphatic carbocycles. The molecule has 2 amide bonds. The topological polar surface area (TPSA) is 86.7 Å². The Morgan fingerprint density at radius 3 is 2.35 bits per heavy atom. The number of nitrogens with one attached hydrogen (secondary N) is 1. The standard InChI is InChI=1S/C14H24N2O4/c1-9-8-16(6-5-10(9)12(18)19)11(17)7-15-13(20)14(2,3)4/h9-10H,5-8H2,1-4H3,(H,15,20)(H,18,19)/t9-,10+/m1/s1. The maximum absolute atomic E-state index is 12.0. The van der Waals surface area contributed by atoms with E-state index in [-0.39, 0.29) is 30.2 Å². The van der Waals surface area contributed by atoms with Gasteiger partial charge >= 0.3 is 5.97 Å². The average molecular weight is 284 g/mol. The third-order valence-electron chi connectivity index (χ3n) is 3.66. The summed E-state index contributed by atoms with van der Waals surface area (Å²) in [5.74, 6) is -1.57. The van der Waals surface area contributed by atoms with Gasteiger partial charge in [0.1, 0.15) is 0 Å². The van der Waals surface area contributed by atoms with E-state index in [1.54, 1.807) is 25.7 Å². The summed E-state index contributed by atoms with van der Waals surface area (Å²) in [6.07, 6.45) is 0.468. The summed E-state index contributed by atoms with van der Waals surface area (Å²) >= 11 is 0. The van der Waals surface area contributed by atoms with Gasteiger partial charge in [0, 0.05) is 18.5 Å². The first-order valence-electron chi connectivity index (χ1n) is 6.92. The molecule has 6 nitrogen and oxygen atoms in total. The van der Waals surface area contributed by atoms with Crippen molar-refractivity contribution in [1.82, 2.24) is 10.2 Å². The van der Waals surface area contributed by atoms with Crippen molar-refractivity contribution in [3.63, 3.8) is 0 Å². The van der Waals surface area contributed by atoms with Crippen molar-refractivity contribution in [3.05, 3.63) is 0 Å². The number of carbonyl (C=O) groups excluding carboxylic acids is 2. The SMILES string of the molecule is C[C@@H]1CN(C(=O)CNC(=O)C(C)(C)C)CC[C@@H]1C(=O)O. The monoisotopic (exact) mass is 284 g/mol. The Morgan fingerprint density at radius 1 is 1.30 bits per heavy atom. The Morgan fingerprint density at radius 2 is 1.90 bits per heavy atom. The number of hydrogen-bond acceptors (Lipinski definition) is 3. The summed E-state index contributed by atoms with van der Waals surface area (Å²) in [6.45, 7) is 8.03. The number of amides is 2. The molecule has 1 fully saturated rings. The molecule has 2 N–H and O–H groups in total. The van der Waals surface area contributed by atoms with Crippen LogP contribution in [-0.2, 0) is 14.4 Å². The van der Waals surface area contributed by atoms with E-state index in [0.29, 0.717) is 19.5 Å². The lowest BCUT2D eigenvalue weighted by Gasteiger charge is -2.35. The fourth-order valence-corrected chi connectivity index (χ4v) is 2.27. The molecule has 0 unspecified atom stereocenters. The number of aliphatic carboxylic acids is 1. The summed E-state index contributed by atoms with van der Waals surface area (Å²) in [5, 5.41) is 11.7. The quantitative estimate of drug-likeness (QED) is 0.799. The van der Waals surface area contributed by atoms with E-state index < -0.39 is 11.4 Å². The van der Waals surface area contributed by atoms with Gasteiger partial charge in [0.25, 0.3) is 0 Å². The Bertz CT molecular complexity index is 400. The number of hydrogen-bond donors (Lipinski definition) is 2. The smallest absolute Gasteiger partial charge is 0.306 e. The van der Waals surface area contributed by atoms with Gasteiger partial charge in [0.05, 0.1) is 12.5 Å². The van der Waals surface area contributed by atoms with Crippen molar-refractivity contribution in [1.29, 1.82) is 0 Å². The molecule has 0 aromatic rings. The lowest BCUT2D eigenvalue weighted by atomic mass is 9.87. The van der Waals surface area contributed by atoms with Crippen molar-refractivity contribution >= 4 is 17.8 Å². The minimum atomic E-state index is -0.800. The number of carbonyl (C=O) groups is 3. The summed E-state index contributed by atoms with van der Waals surface area (Å²) in [4.78, 5) is 36.4. The molecule has 1 saturated heterocycles. The Balaban J connectivity index is 2.47. The van der Waals surface area contributed by atoms with E-state index in [4.69, 9.17) is 5.11 Å².